The first kappa shape index (κ1) is 24.3. The molecule has 0 radical (unpaired) electrons. The van der Waals surface area contributed by atoms with Gasteiger partial charge in [-0.3, -0.25) is 0 Å². The number of hydrogen-bond acceptors (Lipinski definition) is 4. The molecule has 0 fully saturated rings. The monoisotopic (exact) mass is 430 g/mol. The second-order valence-corrected chi connectivity index (χ2v) is 7.22. The van der Waals surface area contributed by atoms with Gasteiger partial charge in [0.25, 0.3) is 0 Å². The van der Waals surface area contributed by atoms with Crippen LogP contribution in [0, 0.1) is 11.6 Å². The van der Waals surface area contributed by atoms with E-state index in [0.29, 0.717) is 0 Å². The Balaban J connectivity index is 1.72. The average molecular weight is 430 g/mol. The van der Waals surface area contributed by atoms with E-state index in [-0.39, 0.29) is 17.1 Å². The van der Waals surface area contributed by atoms with Gasteiger partial charge in [0.2, 0.25) is 0 Å². The number of allylic oxidation sites excluding steroid dienone is 1. The second-order valence-electron chi connectivity index (χ2n) is 7.22. The van der Waals surface area contributed by atoms with E-state index in [4.69, 9.17) is 9.47 Å². The standard InChI is InChI=1S/C25H28F2O4/c1-2-3-4-5-6-7-8-9-10-11-24(28)30-20-14-12-19(13-15-20)25(29)31-21-16-17-22(26)23(27)18-21/h10-18H,2-9H2,1H3/b11-10+. The predicted octanol–water partition coefficient (Wildman–Crippen LogP) is 6.79. The summed E-state index contributed by atoms with van der Waals surface area (Å²) in [6, 6.07) is 8.60. The Labute approximate surface area is 181 Å². The molecule has 0 N–H and O–H groups in total. The fraction of sp³-hybridized carbons (Fsp3) is 0.360. The van der Waals surface area contributed by atoms with Crippen molar-refractivity contribution in [3.8, 4) is 11.5 Å². The van der Waals surface area contributed by atoms with Crippen molar-refractivity contribution < 1.29 is 27.8 Å². The van der Waals surface area contributed by atoms with Crippen LogP contribution in [0.4, 0.5) is 8.78 Å². The molecule has 6 heteroatoms. The zero-order valence-corrected chi connectivity index (χ0v) is 17.7. The summed E-state index contributed by atoms with van der Waals surface area (Å²) in [5.74, 6) is -3.17. The van der Waals surface area contributed by atoms with E-state index in [9.17, 15) is 18.4 Å². The van der Waals surface area contributed by atoms with E-state index in [1.54, 1.807) is 0 Å². The van der Waals surface area contributed by atoms with Crippen LogP contribution in [0.1, 0.15) is 68.6 Å². The highest BCUT2D eigenvalue weighted by atomic mass is 19.2. The molecular formula is C25H28F2O4. The zero-order valence-electron chi connectivity index (χ0n) is 17.7. The first-order valence-electron chi connectivity index (χ1n) is 10.6. The Kier molecular flexibility index (Phi) is 10.4. The van der Waals surface area contributed by atoms with Crippen LogP contribution in [0.3, 0.4) is 0 Å². The van der Waals surface area contributed by atoms with Crippen LogP contribution in [0.25, 0.3) is 0 Å². The van der Waals surface area contributed by atoms with E-state index in [1.165, 1.54) is 62.4 Å². The van der Waals surface area contributed by atoms with Gasteiger partial charge in [0.05, 0.1) is 5.56 Å². The molecule has 166 valence electrons. The molecule has 0 aliphatic heterocycles. The summed E-state index contributed by atoms with van der Waals surface area (Å²) in [4.78, 5) is 24.0. The Hall–Kier alpha value is -3.02. The van der Waals surface area contributed by atoms with Crippen molar-refractivity contribution in [3.05, 3.63) is 71.8 Å². The molecule has 0 bridgehead atoms. The molecule has 2 aromatic rings. The average Bonchev–Trinajstić information content (AvgIpc) is 2.75. The third-order valence-electron chi connectivity index (χ3n) is 4.64. The van der Waals surface area contributed by atoms with Gasteiger partial charge in [-0.25, -0.2) is 18.4 Å². The van der Waals surface area contributed by atoms with E-state index < -0.39 is 23.6 Å². The number of rotatable bonds is 12. The summed E-state index contributed by atoms with van der Waals surface area (Å²) in [6.45, 7) is 2.20. The van der Waals surface area contributed by atoms with Gasteiger partial charge in [0, 0.05) is 12.1 Å². The molecule has 2 rings (SSSR count). The van der Waals surface area contributed by atoms with Gasteiger partial charge in [0.15, 0.2) is 11.6 Å². The lowest BCUT2D eigenvalue weighted by atomic mass is 10.1. The fourth-order valence-electron chi connectivity index (χ4n) is 2.91. The number of carbonyl (C=O) groups excluding carboxylic acids is 2. The topological polar surface area (TPSA) is 52.6 Å². The van der Waals surface area contributed by atoms with Crippen LogP contribution in [0.15, 0.2) is 54.6 Å². The van der Waals surface area contributed by atoms with Crippen molar-refractivity contribution in [1.29, 1.82) is 0 Å². The highest BCUT2D eigenvalue weighted by molar-refractivity contribution is 5.91. The summed E-state index contributed by atoms with van der Waals surface area (Å²) >= 11 is 0. The first-order valence-corrected chi connectivity index (χ1v) is 10.6. The van der Waals surface area contributed by atoms with E-state index in [0.717, 1.165) is 37.5 Å². The van der Waals surface area contributed by atoms with E-state index >= 15 is 0 Å². The van der Waals surface area contributed by atoms with E-state index in [2.05, 4.69) is 6.92 Å². The zero-order chi connectivity index (χ0) is 22.5. The van der Waals surface area contributed by atoms with Gasteiger partial charge >= 0.3 is 11.9 Å². The molecule has 0 saturated carbocycles. The molecule has 0 atom stereocenters. The van der Waals surface area contributed by atoms with Crippen molar-refractivity contribution in [2.75, 3.05) is 0 Å². The van der Waals surface area contributed by atoms with Crippen LogP contribution in [-0.4, -0.2) is 11.9 Å². The van der Waals surface area contributed by atoms with Crippen LogP contribution >= 0.6 is 0 Å². The normalized spacial score (nSPS) is 10.9. The molecule has 0 aromatic heterocycles. The van der Waals surface area contributed by atoms with E-state index in [1.807, 2.05) is 6.08 Å². The molecule has 0 amide bonds. The molecule has 4 nitrogen and oxygen atoms in total. The Morgan fingerprint density at radius 1 is 0.806 bits per heavy atom. The molecule has 0 saturated heterocycles. The largest absolute Gasteiger partial charge is 0.423 e. The van der Waals surface area contributed by atoms with Gasteiger partial charge in [-0.1, -0.05) is 51.5 Å². The van der Waals surface area contributed by atoms with Gasteiger partial charge in [0.1, 0.15) is 11.5 Å². The van der Waals surface area contributed by atoms with Crippen LogP contribution in [0.5, 0.6) is 11.5 Å². The fourth-order valence-corrected chi connectivity index (χ4v) is 2.91. The molecule has 0 spiro atoms. The number of ether oxygens (including phenoxy) is 2. The summed E-state index contributed by atoms with van der Waals surface area (Å²) < 4.78 is 36.3. The van der Waals surface area contributed by atoms with Crippen molar-refractivity contribution in [2.24, 2.45) is 0 Å². The van der Waals surface area contributed by atoms with Crippen LogP contribution in [0.2, 0.25) is 0 Å². The first-order chi connectivity index (χ1) is 15.0. The van der Waals surface area contributed by atoms with Gasteiger partial charge in [-0.2, -0.15) is 0 Å². The molecule has 0 unspecified atom stereocenters. The maximum absolute atomic E-state index is 13.2. The summed E-state index contributed by atoms with van der Waals surface area (Å²) in [6.07, 6.45) is 12.6. The minimum Gasteiger partial charge on any atom is -0.423 e. The lowest BCUT2D eigenvalue weighted by Crippen LogP contribution is -2.09. The quantitative estimate of drug-likeness (QED) is 0.161. The number of carbonyl (C=O) groups is 2. The van der Waals surface area contributed by atoms with Gasteiger partial charge in [-0.15, -0.1) is 0 Å². The molecule has 0 heterocycles. The lowest BCUT2D eigenvalue weighted by Gasteiger charge is -2.06. The number of benzene rings is 2. The Morgan fingerprint density at radius 3 is 2.13 bits per heavy atom. The summed E-state index contributed by atoms with van der Waals surface area (Å²) in [7, 11) is 0. The van der Waals surface area contributed by atoms with Crippen molar-refractivity contribution in [1.82, 2.24) is 0 Å². The van der Waals surface area contributed by atoms with Crippen molar-refractivity contribution in [3.63, 3.8) is 0 Å². The second kappa shape index (κ2) is 13.3. The van der Waals surface area contributed by atoms with Gasteiger partial charge < -0.3 is 9.47 Å². The third kappa shape index (κ3) is 9.11. The van der Waals surface area contributed by atoms with Crippen LogP contribution < -0.4 is 9.47 Å². The van der Waals surface area contributed by atoms with Crippen molar-refractivity contribution >= 4 is 11.9 Å². The smallest absolute Gasteiger partial charge is 0.343 e. The number of halogens is 2. The molecule has 2 aromatic carbocycles. The SMILES string of the molecule is CCCCCCCCC/C=C/C(=O)Oc1ccc(C(=O)Oc2ccc(F)c(F)c2)cc1. The minimum atomic E-state index is -1.10. The number of esters is 2. The maximum atomic E-state index is 13.2. The highest BCUT2D eigenvalue weighted by Crippen LogP contribution is 2.18. The molecule has 31 heavy (non-hydrogen) atoms. The number of hydrogen-bond donors (Lipinski definition) is 0. The molecule has 0 aliphatic rings. The summed E-state index contributed by atoms with van der Waals surface area (Å²) in [5, 5.41) is 0. The Bertz CT molecular complexity index is 876. The Morgan fingerprint density at radius 2 is 1.45 bits per heavy atom. The maximum Gasteiger partial charge on any atom is 0.343 e. The third-order valence-corrected chi connectivity index (χ3v) is 4.64. The van der Waals surface area contributed by atoms with Crippen LogP contribution in [-0.2, 0) is 4.79 Å². The minimum absolute atomic E-state index is 0.106. The predicted molar refractivity (Wildman–Crippen MR) is 115 cm³/mol. The highest BCUT2D eigenvalue weighted by Gasteiger charge is 2.11. The van der Waals surface area contributed by atoms with Crippen molar-refractivity contribution in [2.45, 2.75) is 58.3 Å². The number of unbranched alkanes of at least 4 members (excludes halogenated alkanes) is 7. The molecular weight excluding hydrogens is 402 g/mol. The molecule has 0 aliphatic carbocycles. The van der Waals surface area contributed by atoms with Gasteiger partial charge in [-0.05, 0) is 49.2 Å². The lowest BCUT2D eigenvalue weighted by molar-refractivity contribution is -0.129. The summed E-state index contributed by atoms with van der Waals surface area (Å²) in [5.41, 5.74) is 0.180.